The molecule has 0 aliphatic carbocycles. The molecular weight excluding hydrogens is 336 g/mol. The summed E-state index contributed by atoms with van der Waals surface area (Å²) in [4.78, 5) is 24.1. The van der Waals surface area contributed by atoms with E-state index in [1.807, 2.05) is 13.8 Å². The molecule has 0 aromatic rings. The van der Waals surface area contributed by atoms with Crippen molar-refractivity contribution in [3.63, 3.8) is 0 Å². The number of hydrogen-bond acceptors (Lipinski definition) is 7. The van der Waals surface area contributed by atoms with Crippen LogP contribution in [0.4, 0.5) is 0 Å². The van der Waals surface area contributed by atoms with Crippen molar-refractivity contribution >= 4 is 23.6 Å². The van der Waals surface area contributed by atoms with E-state index in [4.69, 9.17) is 15.2 Å². The minimum Gasteiger partial charge on any atom is -0.478 e. The van der Waals surface area contributed by atoms with E-state index in [0.717, 1.165) is 5.75 Å². The van der Waals surface area contributed by atoms with E-state index in [2.05, 4.69) is 5.32 Å². The summed E-state index contributed by atoms with van der Waals surface area (Å²) >= 11 is 1.57. The van der Waals surface area contributed by atoms with Gasteiger partial charge in [-0.3, -0.25) is 4.79 Å². The quantitative estimate of drug-likeness (QED) is 0.360. The van der Waals surface area contributed by atoms with Crippen molar-refractivity contribution in [1.29, 1.82) is 0 Å². The summed E-state index contributed by atoms with van der Waals surface area (Å²) in [7, 11) is 0. The SMILES string of the molecule is CCOC(CO)(NC(=O)C(OC(C)C)[C@H](N)C(C)SCC)C(=O)O. The van der Waals surface area contributed by atoms with Crippen LogP contribution in [0, 0.1) is 0 Å². The molecule has 0 heterocycles. The number of ether oxygens (including phenoxy) is 2. The topological polar surface area (TPSA) is 131 Å². The van der Waals surface area contributed by atoms with Gasteiger partial charge in [0.15, 0.2) is 6.10 Å². The minimum atomic E-state index is -2.22. The fourth-order valence-electron chi connectivity index (χ4n) is 2.06. The van der Waals surface area contributed by atoms with Crippen LogP contribution in [0.1, 0.15) is 34.6 Å². The number of hydrogen-bond donors (Lipinski definition) is 4. The number of nitrogens with two attached hydrogens (primary N) is 1. The van der Waals surface area contributed by atoms with Gasteiger partial charge in [0.2, 0.25) is 0 Å². The van der Waals surface area contributed by atoms with Crippen LogP contribution in [-0.2, 0) is 19.1 Å². The van der Waals surface area contributed by atoms with Crippen LogP contribution >= 0.6 is 11.8 Å². The summed E-state index contributed by atoms with van der Waals surface area (Å²) in [5, 5.41) is 20.9. The van der Waals surface area contributed by atoms with Gasteiger partial charge in [-0.1, -0.05) is 13.8 Å². The first kappa shape index (κ1) is 23.1. The van der Waals surface area contributed by atoms with Crippen LogP contribution in [0.2, 0.25) is 0 Å². The summed E-state index contributed by atoms with van der Waals surface area (Å²) in [6.07, 6.45) is -1.35. The molecule has 142 valence electrons. The molecule has 0 saturated carbocycles. The molecule has 0 radical (unpaired) electrons. The zero-order chi connectivity index (χ0) is 18.9. The molecule has 0 aliphatic heterocycles. The average molecular weight is 366 g/mol. The predicted octanol–water partition coefficient (Wildman–Crippen LogP) is 0.175. The average Bonchev–Trinajstić information content (AvgIpc) is 2.50. The fraction of sp³-hybridized carbons (Fsp3) is 0.867. The zero-order valence-electron chi connectivity index (χ0n) is 14.9. The van der Waals surface area contributed by atoms with Gasteiger partial charge in [-0.25, -0.2) is 4.79 Å². The molecule has 24 heavy (non-hydrogen) atoms. The lowest BCUT2D eigenvalue weighted by molar-refractivity contribution is -0.183. The number of thioether (sulfide) groups is 1. The first-order valence-corrected chi connectivity index (χ1v) is 9.02. The Hall–Kier alpha value is -0.870. The Morgan fingerprint density at radius 1 is 1.29 bits per heavy atom. The maximum Gasteiger partial charge on any atom is 0.359 e. The molecule has 9 heteroatoms. The lowest BCUT2D eigenvalue weighted by atomic mass is 10.1. The Morgan fingerprint density at radius 2 is 1.88 bits per heavy atom. The number of aliphatic hydroxyl groups is 1. The van der Waals surface area contributed by atoms with Crippen LogP contribution in [0.3, 0.4) is 0 Å². The lowest BCUT2D eigenvalue weighted by Gasteiger charge is -2.33. The summed E-state index contributed by atoms with van der Waals surface area (Å²) in [5.74, 6) is -1.41. The fourth-order valence-corrected chi connectivity index (χ4v) is 2.95. The number of carbonyl (C=O) groups is 2. The molecule has 0 spiro atoms. The highest BCUT2D eigenvalue weighted by atomic mass is 32.2. The van der Waals surface area contributed by atoms with Gasteiger partial charge >= 0.3 is 5.97 Å². The van der Waals surface area contributed by atoms with Crippen LogP contribution < -0.4 is 11.1 Å². The number of rotatable bonds is 12. The molecule has 0 saturated heterocycles. The van der Waals surface area contributed by atoms with Crippen LogP contribution in [-0.4, -0.2) is 70.3 Å². The monoisotopic (exact) mass is 366 g/mol. The first-order chi connectivity index (χ1) is 11.1. The van der Waals surface area contributed by atoms with Crippen LogP contribution in [0.5, 0.6) is 0 Å². The highest BCUT2D eigenvalue weighted by Crippen LogP contribution is 2.18. The summed E-state index contributed by atoms with van der Waals surface area (Å²) in [5.41, 5.74) is 3.93. The van der Waals surface area contributed by atoms with Crippen molar-refractivity contribution in [2.75, 3.05) is 19.0 Å². The van der Waals surface area contributed by atoms with E-state index in [1.54, 1.807) is 32.5 Å². The molecule has 3 unspecified atom stereocenters. The second kappa shape index (κ2) is 10.9. The van der Waals surface area contributed by atoms with Gasteiger partial charge in [0.25, 0.3) is 11.6 Å². The Morgan fingerprint density at radius 3 is 2.25 bits per heavy atom. The molecule has 0 aliphatic rings. The Balaban J connectivity index is 5.39. The number of carboxylic acids is 1. The number of carbonyl (C=O) groups excluding carboxylic acids is 1. The Labute approximate surface area is 147 Å². The zero-order valence-corrected chi connectivity index (χ0v) is 15.8. The van der Waals surface area contributed by atoms with E-state index in [0.29, 0.717) is 0 Å². The molecule has 0 aromatic heterocycles. The standard InChI is InChI=1S/C15H30N2O6S/c1-6-22-15(8-18,14(20)21)17-13(19)12(23-9(3)4)11(16)10(5)24-7-2/h9-12,18H,6-8,16H2,1-5H3,(H,17,19)(H,20,21)/t10?,11-,12?,15?/m1/s1. The minimum absolute atomic E-state index is 0.00299. The molecular formula is C15H30N2O6S. The second-order valence-electron chi connectivity index (χ2n) is 5.56. The van der Waals surface area contributed by atoms with Gasteiger partial charge in [-0.05, 0) is 26.5 Å². The van der Waals surface area contributed by atoms with Crippen LogP contribution in [0.25, 0.3) is 0 Å². The third-order valence-corrected chi connectivity index (χ3v) is 4.46. The maximum atomic E-state index is 12.6. The van der Waals surface area contributed by atoms with Crippen molar-refractivity contribution < 1.29 is 29.3 Å². The number of aliphatic hydroxyl groups excluding tert-OH is 1. The van der Waals surface area contributed by atoms with E-state index in [9.17, 15) is 19.8 Å². The van der Waals surface area contributed by atoms with E-state index in [-0.39, 0.29) is 18.0 Å². The molecule has 8 nitrogen and oxygen atoms in total. The molecule has 0 aromatic carbocycles. The van der Waals surface area contributed by atoms with Crippen molar-refractivity contribution in [3.8, 4) is 0 Å². The van der Waals surface area contributed by atoms with Crippen molar-refractivity contribution in [3.05, 3.63) is 0 Å². The first-order valence-electron chi connectivity index (χ1n) is 7.98. The third-order valence-electron chi connectivity index (χ3n) is 3.28. The molecule has 0 bridgehead atoms. The number of amides is 1. The maximum absolute atomic E-state index is 12.6. The highest BCUT2D eigenvalue weighted by Gasteiger charge is 2.44. The van der Waals surface area contributed by atoms with Gasteiger partial charge in [0, 0.05) is 11.9 Å². The largest absolute Gasteiger partial charge is 0.478 e. The summed E-state index contributed by atoms with van der Waals surface area (Å²) < 4.78 is 10.7. The van der Waals surface area contributed by atoms with E-state index in [1.165, 1.54) is 0 Å². The second-order valence-corrected chi connectivity index (χ2v) is 7.21. The molecule has 0 fully saturated rings. The highest BCUT2D eigenvalue weighted by molar-refractivity contribution is 7.99. The number of carboxylic acid groups (broad SMARTS) is 1. The molecule has 5 N–H and O–H groups in total. The van der Waals surface area contributed by atoms with Gasteiger partial charge in [0.1, 0.15) is 6.61 Å². The van der Waals surface area contributed by atoms with Crippen LogP contribution in [0.15, 0.2) is 0 Å². The normalized spacial score (nSPS) is 17.8. The molecule has 4 atom stereocenters. The van der Waals surface area contributed by atoms with Crippen molar-refractivity contribution in [1.82, 2.24) is 5.32 Å². The third kappa shape index (κ3) is 6.56. The van der Waals surface area contributed by atoms with E-state index < -0.39 is 36.4 Å². The number of aliphatic carboxylic acids is 1. The Bertz CT molecular complexity index is 409. The van der Waals surface area contributed by atoms with Crippen molar-refractivity contribution in [2.45, 2.75) is 63.8 Å². The van der Waals surface area contributed by atoms with Gasteiger partial charge < -0.3 is 30.7 Å². The Kier molecular flexibility index (Phi) is 10.5. The summed E-state index contributed by atoms with van der Waals surface area (Å²) in [6.45, 7) is 8.01. The smallest absolute Gasteiger partial charge is 0.359 e. The van der Waals surface area contributed by atoms with E-state index >= 15 is 0 Å². The lowest BCUT2D eigenvalue weighted by Crippen LogP contribution is -2.64. The van der Waals surface area contributed by atoms with Gasteiger partial charge in [-0.15, -0.1) is 0 Å². The van der Waals surface area contributed by atoms with Gasteiger partial charge in [0.05, 0.1) is 12.1 Å². The molecule has 0 rings (SSSR count). The molecule has 1 amide bonds. The number of nitrogens with one attached hydrogen (secondary N) is 1. The van der Waals surface area contributed by atoms with Gasteiger partial charge in [-0.2, -0.15) is 11.8 Å². The predicted molar refractivity (Wildman–Crippen MR) is 92.8 cm³/mol. The van der Waals surface area contributed by atoms with Crippen molar-refractivity contribution in [2.24, 2.45) is 5.73 Å². The summed E-state index contributed by atoms with van der Waals surface area (Å²) in [6, 6.07) is -0.649.